The van der Waals surface area contributed by atoms with E-state index in [9.17, 15) is 4.79 Å². The highest BCUT2D eigenvalue weighted by atomic mass is 16.2. The van der Waals surface area contributed by atoms with E-state index in [1.54, 1.807) is 0 Å². The summed E-state index contributed by atoms with van der Waals surface area (Å²) in [7, 11) is 0. The largest absolute Gasteiger partial charge is 0.312 e. The van der Waals surface area contributed by atoms with Crippen LogP contribution in [0.4, 0.5) is 5.69 Å². The SMILES string of the molecule is O=C(CCN1CCCC(C2CCNN2)C1)N1CCc2ccccc21. The zero-order valence-electron chi connectivity index (χ0n) is 14.3. The molecule has 24 heavy (non-hydrogen) atoms. The molecule has 2 N–H and O–H groups in total. The molecule has 3 aliphatic heterocycles. The average molecular weight is 328 g/mol. The van der Waals surface area contributed by atoms with Gasteiger partial charge in [-0.3, -0.25) is 15.6 Å². The van der Waals surface area contributed by atoms with E-state index in [2.05, 4.69) is 34.0 Å². The molecule has 0 saturated carbocycles. The second kappa shape index (κ2) is 7.21. The summed E-state index contributed by atoms with van der Waals surface area (Å²) in [4.78, 5) is 17.1. The van der Waals surface area contributed by atoms with Crippen LogP contribution in [0, 0.1) is 5.92 Å². The van der Waals surface area contributed by atoms with Crippen molar-refractivity contribution in [2.45, 2.75) is 38.1 Å². The highest BCUT2D eigenvalue weighted by Crippen LogP contribution is 2.28. The van der Waals surface area contributed by atoms with Crippen molar-refractivity contribution >= 4 is 11.6 Å². The van der Waals surface area contributed by atoms with Crippen LogP contribution >= 0.6 is 0 Å². The van der Waals surface area contributed by atoms with Gasteiger partial charge in [-0.1, -0.05) is 18.2 Å². The summed E-state index contributed by atoms with van der Waals surface area (Å²) in [6.07, 6.45) is 5.42. The Labute approximate surface area is 144 Å². The third-order valence-electron chi connectivity index (χ3n) is 5.81. The van der Waals surface area contributed by atoms with Gasteiger partial charge in [-0.05, 0) is 49.8 Å². The van der Waals surface area contributed by atoms with Crippen LogP contribution in [0.25, 0.3) is 0 Å². The minimum absolute atomic E-state index is 0.280. The van der Waals surface area contributed by atoms with Gasteiger partial charge in [0.05, 0.1) is 0 Å². The number of carbonyl (C=O) groups excluding carboxylic acids is 1. The second-order valence-electron chi connectivity index (χ2n) is 7.34. The van der Waals surface area contributed by atoms with E-state index >= 15 is 0 Å². The van der Waals surface area contributed by atoms with Crippen LogP contribution in [-0.4, -0.2) is 49.6 Å². The number of piperidine rings is 1. The van der Waals surface area contributed by atoms with E-state index in [0.29, 0.717) is 12.5 Å². The Morgan fingerprint density at radius 3 is 3.00 bits per heavy atom. The van der Waals surface area contributed by atoms with E-state index in [4.69, 9.17) is 0 Å². The van der Waals surface area contributed by atoms with Crippen molar-refractivity contribution in [1.29, 1.82) is 0 Å². The van der Waals surface area contributed by atoms with Gasteiger partial charge in [-0.15, -0.1) is 0 Å². The monoisotopic (exact) mass is 328 g/mol. The van der Waals surface area contributed by atoms with E-state index < -0.39 is 0 Å². The van der Waals surface area contributed by atoms with E-state index in [0.717, 1.165) is 50.7 Å². The van der Waals surface area contributed by atoms with Gasteiger partial charge in [0.1, 0.15) is 0 Å². The molecule has 5 nitrogen and oxygen atoms in total. The number of amides is 1. The molecule has 3 heterocycles. The second-order valence-corrected chi connectivity index (χ2v) is 7.34. The predicted octanol–water partition coefficient (Wildman–Crippen LogP) is 1.54. The summed E-state index contributed by atoms with van der Waals surface area (Å²) in [6.45, 7) is 5.09. The first-order valence-electron chi connectivity index (χ1n) is 9.40. The predicted molar refractivity (Wildman–Crippen MR) is 95.8 cm³/mol. The van der Waals surface area contributed by atoms with Crippen LogP contribution < -0.4 is 15.8 Å². The Kier molecular flexibility index (Phi) is 4.83. The third kappa shape index (κ3) is 3.34. The highest BCUT2D eigenvalue weighted by molar-refractivity contribution is 5.95. The number of likely N-dealkylation sites (tertiary alicyclic amines) is 1. The average Bonchev–Trinajstić information content (AvgIpc) is 3.29. The van der Waals surface area contributed by atoms with Crippen molar-refractivity contribution in [3.05, 3.63) is 29.8 Å². The Balaban J connectivity index is 1.29. The van der Waals surface area contributed by atoms with Gasteiger partial charge in [0.2, 0.25) is 5.91 Å². The number of para-hydroxylation sites is 1. The van der Waals surface area contributed by atoms with Gasteiger partial charge in [0.25, 0.3) is 0 Å². The quantitative estimate of drug-likeness (QED) is 0.880. The lowest BCUT2D eigenvalue weighted by Gasteiger charge is -2.35. The van der Waals surface area contributed by atoms with E-state index in [1.165, 1.54) is 24.8 Å². The first-order valence-corrected chi connectivity index (χ1v) is 9.40. The molecule has 5 heteroatoms. The fraction of sp³-hybridized carbons (Fsp3) is 0.632. The smallest absolute Gasteiger partial charge is 0.228 e. The Morgan fingerprint density at radius 2 is 2.12 bits per heavy atom. The zero-order valence-corrected chi connectivity index (χ0v) is 14.3. The van der Waals surface area contributed by atoms with E-state index in [-0.39, 0.29) is 5.91 Å². The fourth-order valence-corrected chi connectivity index (χ4v) is 4.47. The molecule has 0 radical (unpaired) electrons. The first-order chi connectivity index (χ1) is 11.8. The summed E-state index contributed by atoms with van der Waals surface area (Å²) in [5.41, 5.74) is 9.10. The number of nitrogens with zero attached hydrogens (tertiary/aromatic N) is 2. The van der Waals surface area contributed by atoms with Gasteiger partial charge in [0, 0.05) is 44.3 Å². The molecule has 4 rings (SSSR count). The summed E-state index contributed by atoms with van der Waals surface area (Å²) in [5.74, 6) is 0.999. The number of benzene rings is 1. The molecule has 2 atom stereocenters. The van der Waals surface area contributed by atoms with Crippen molar-refractivity contribution in [2.75, 3.05) is 37.6 Å². The standard InChI is InChI=1S/C19H28N4O/c24-19(23-13-8-15-4-1-2-6-18(15)23)9-12-22-11-3-5-16(14-22)17-7-10-20-21-17/h1-2,4,6,16-17,20-21H,3,5,7-14H2. The van der Waals surface area contributed by atoms with Crippen molar-refractivity contribution in [3.63, 3.8) is 0 Å². The van der Waals surface area contributed by atoms with Crippen molar-refractivity contribution in [3.8, 4) is 0 Å². The number of rotatable bonds is 4. The lowest BCUT2D eigenvalue weighted by Crippen LogP contribution is -2.46. The topological polar surface area (TPSA) is 47.6 Å². The number of nitrogens with one attached hydrogen (secondary N) is 2. The van der Waals surface area contributed by atoms with Crippen LogP contribution in [0.5, 0.6) is 0 Å². The van der Waals surface area contributed by atoms with E-state index in [1.807, 2.05) is 11.0 Å². The number of fused-ring (bicyclic) bond motifs is 1. The normalized spacial score (nSPS) is 27.4. The molecular weight excluding hydrogens is 300 g/mol. The van der Waals surface area contributed by atoms with Gasteiger partial charge in [0.15, 0.2) is 0 Å². The fourth-order valence-electron chi connectivity index (χ4n) is 4.47. The van der Waals surface area contributed by atoms with Crippen molar-refractivity contribution < 1.29 is 4.79 Å². The van der Waals surface area contributed by atoms with Crippen LogP contribution in [-0.2, 0) is 11.2 Å². The maximum atomic E-state index is 12.7. The Hall–Kier alpha value is -1.43. The summed E-state index contributed by atoms with van der Waals surface area (Å²) >= 11 is 0. The molecule has 1 aromatic rings. The lowest BCUT2D eigenvalue weighted by atomic mass is 9.90. The summed E-state index contributed by atoms with van der Waals surface area (Å²) in [5, 5.41) is 0. The molecule has 1 aromatic carbocycles. The third-order valence-corrected chi connectivity index (χ3v) is 5.81. The summed E-state index contributed by atoms with van der Waals surface area (Å²) in [6, 6.07) is 8.92. The zero-order chi connectivity index (χ0) is 16.4. The summed E-state index contributed by atoms with van der Waals surface area (Å²) < 4.78 is 0. The molecule has 2 saturated heterocycles. The van der Waals surface area contributed by atoms with Crippen LogP contribution in [0.15, 0.2) is 24.3 Å². The Bertz CT molecular complexity index is 584. The molecule has 0 spiro atoms. The van der Waals surface area contributed by atoms with Crippen molar-refractivity contribution in [2.24, 2.45) is 5.92 Å². The van der Waals surface area contributed by atoms with Crippen LogP contribution in [0.1, 0.15) is 31.2 Å². The van der Waals surface area contributed by atoms with Gasteiger partial charge in [-0.25, -0.2) is 0 Å². The van der Waals surface area contributed by atoms with Crippen molar-refractivity contribution in [1.82, 2.24) is 15.8 Å². The Morgan fingerprint density at radius 1 is 1.21 bits per heavy atom. The molecule has 130 valence electrons. The van der Waals surface area contributed by atoms with Crippen LogP contribution in [0.2, 0.25) is 0 Å². The number of hydrogen-bond acceptors (Lipinski definition) is 4. The number of carbonyl (C=O) groups is 1. The van der Waals surface area contributed by atoms with Gasteiger partial charge in [-0.2, -0.15) is 0 Å². The van der Waals surface area contributed by atoms with Gasteiger partial charge >= 0.3 is 0 Å². The minimum atomic E-state index is 0.280. The maximum absolute atomic E-state index is 12.7. The maximum Gasteiger partial charge on any atom is 0.228 e. The van der Waals surface area contributed by atoms with Crippen LogP contribution in [0.3, 0.4) is 0 Å². The molecule has 3 aliphatic rings. The minimum Gasteiger partial charge on any atom is -0.312 e. The number of anilines is 1. The molecule has 0 aliphatic carbocycles. The molecule has 2 fully saturated rings. The number of hydrogen-bond donors (Lipinski definition) is 2. The lowest BCUT2D eigenvalue weighted by molar-refractivity contribution is -0.118. The molecular formula is C19H28N4O. The molecule has 0 aromatic heterocycles. The number of hydrazine groups is 1. The molecule has 1 amide bonds. The molecule has 0 bridgehead atoms. The highest BCUT2D eigenvalue weighted by Gasteiger charge is 2.30. The van der Waals surface area contributed by atoms with Gasteiger partial charge < -0.3 is 9.80 Å². The molecule has 2 unspecified atom stereocenters. The first kappa shape index (κ1) is 16.1.